The van der Waals surface area contributed by atoms with E-state index in [4.69, 9.17) is 14.2 Å². The van der Waals surface area contributed by atoms with Gasteiger partial charge in [-0.15, -0.1) is 6.58 Å². The fourth-order valence-electron chi connectivity index (χ4n) is 1.39. The van der Waals surface area contributed by atoms with Crippen molar-refractivity contribution in [1.29, 1.82) is 0 Å². The lowest BCUT2D eigenvalue weighted by atomic mass is 10.1. The highest BCUT2D eigenvalue weighted by Crippen LogP contribution is 2.17. The van der Waals surface area contributed by atoms with E-state index in [0.29, 0.717) is 6.79 Å². The molecule has 0 aromatic heterocycles. The molecular weight excluding hydrogens is 180 g/mol. The Morgan fingerprint density at radius 1 is 1.50 bits per heavy atom. The van der Waals surface area contributed by atoms with Crippen LogP contribution in [0, 0.1) is 0 Å². The summed E-state index contributed by atoms with van der Waals surface area (Å²) in [6, 6.07) is 0. The van der Waals surface area contributed by atoms with E-state index in [2.05, 4.69) is 13.5 Å². The molecule has 14 heavy (non-hydrogen) atoms. The highest BCUT2D eigenvalue weighted by molar-refractivity contribution is 4.75. The summed E-state index contributed by atoms with van der Waals surface area (Å²) in [5.41, 5.74) is 0. The minimum atomic E-state index is -0.0831. The maximum absolute atomic E-state index is 5.56. The lowest BCUT2D eigenvalue weighted by molar-refractivity contribution is -0.257. The van der Waals surface area contributed by atoms with E-state index >= 15 is 0 Å². The Kier molecular flexibility index (Phi) is 5.83. The summed E-state index contributed by atoms with van der Waals surface area (Å²) in [5.74, 6) is 0. The zero-order valence-corrected chi connectivity index (χ0v) is 8.91. The first kappa shape index (κ1) is 11.7. The first-order valence-corrected chi connectivity index (χ1v) is 5.32. The molecule has 0 aromatic rings. The largest absolute Gasteiger partial charge is 0.352 e. The Morgan fingerprint density at radius 2 is 2.36 bits per heavy atom. The van der Waals surface area contributed by atoms with Crippen LogP contribution in [0.4, 0.5) is 0 Å². The van der Waals surface area contributed by atoms with Crippen molar-refractivity contribution in [2.75, 3.05) is 13.4 Å². The molecule has 0 bridgehead atoms. The molecule has 0 N–H and O–H groups in total. The molecule has 1 aliphatic heterocycles. The average Bonchev–Trinajstić information content (AvgIpc) is 2.19. The molecule has 3 heteroatoms. The standard InChI is InChI=1S/C11H20O3/c1-3-5-7-12-11-8-10(6-4-2)13-9-14-11/h4,10-11H,2-3,5-9H2,1H3/t10-,11?/m1/s1. The fraction of sp³-hybridized carbons (Fsp3) is 0.818. The highest BCUT2D eigenvalue weighted by atomic mass is 16.8. The Bertz CT molecular complexity index is 159. The third-order valence-corrected chi connectivity index (χ3v) is 2.24. The molecule has 0 radical (unpaired) electrons. The van der Waals surface area contributed by atoms with Crippen LogP contribution in [-0.2, 0) is 14.2 Å². The van der Waals surface area contributed by atoms with Gasteiger partial charge in [-0.25, -0.2) is 0 Å². The van der Waals surface area contributed by atoms with Gasteiger partial charge in [0.05, 0.1) is 6.10 Å². The lowest BCUT2D eigenvalue weighted by Gasteiger charge is -2.29. The normalized spacial score (nSPS) is 27.5. The molecule has 1 rings (SSSR count). The second kappa shape index (κ2) is 6.98. The number of rotatable bonds is 6. The van der Waals surface area contributed by atoms with E-state index in [1.807, 2.05) is 6.08 Å². The first-order valence-electron chi connectivity index (χ1n) is 5.32. The molecule has 3 nitrogen and oxygen atoms in total. The van der Waals surface area contributed by atoms with Crippen LogP contribution >= 0.6 is 0 Å². The van der Waals surface area contributed by atoms with Gasteiger partial charge in [0.2, 0.25) is 0 Å². The molecule has 82 valence electrons. The predicted molar refractivity (Wildman–Crippen MR) is 54.9 cm³/mol. The molecule has 1 aliphatic rings. The monoisotopic (exact) mass is 200 g/mol. The van der Waals surface area contributed by atoms with Gasteiger partial charge in [0.1, 0.15) is 6.79 Å². The summed E-state index contributed by atoms with van der Waals surface area (Å²) < 4.78 is 16.3. The third kappa shape index (κ3) is 4.22. The van der Waals surface area contributed by atoms with Crippen molar-refractivity contribution in [3.63, 3.8) is 0 Å². The number of unbranched alkanes of at least 4 members (excludes halogenated alkanes) is 1. The predicted octanol–water partition coefficient (Wildman–Crippen LogP) is 2.47. The molecule has 1 fully saturated rings. The van der Waals surface area contributed by atoms with Crippen LogP contribution in [0.25, 0.3) is 0 Å². The minimum Gasteiger partial charge on any atom is -0.352 e. The van der Waals surface area contributed by atoms with Crippen molar-refractivity contribution >= 4 is 0 Å². The summed E-state index contributed by atoms with van der Waals surface area (Å²) in [6.07, 6.45) is 5.94. The van der Waals surface area contributed by atoms with Gasteiger partial charge < -0.3 is 14.2 Å². The maximum Gasteiger partial charge on any atom is 0.162 e. The van der Waals surface area contributed by atoms with Gasteiger partial charge >= 0.3 is 0 Å². The van der Waals surface area contributed by atoms with Crippen molar-refractivity contribution in [3.05, 3.63) is 12.7 Å². The molecule has 0 amide bonds. The Hall–Kier alpha value is -0.380. The number of hydrogen-bond acceptors (Lipinski definition) is 3. The lowest BCUT2D eigenvalue weighted by Crippen LogP contribution is -2.33. The first-order chi connectivity index (χ1) is 6.86. The number of ether oxygens (including phenoxy) is 3. The summed E-state index contributed by atoms with van der Waals surface area (Å²) >= 11 is 0. The van der Waals surface area contributed by atoms with E-state index in [0.717, 1.165) is 32.3 Å². The molecule has 2 atom stereocenters. The van der Waals surface area contributed by atoms with Gasteiger partial charge in [0, 0.05) is 13.0 Å². The minimum absolute atomic E-state index is 0.0831. The molecule has 0 aromatic carbocycles. The molecule has 0 aliphatic carbocycles. The SMILES string of the molecule is C=CC[C@@H]1CC(OCCCC)OCO1. The summed E-state index contributed by atoms with van der Waals surface area (Å²) in [4.78, 5) is 0. The van der Waals surface area contributed by atoms with Gasteiger partial charge in [-0.1, -0.05) is 19.4 Å². The van der Waals surface area contributed by atoms with E-state index in [-0.39, 0.29) is 12.4 Å². The molecule has 0 saturated carbocycles. The van der Waals surface area contributed by atoms with E-state index in [9.17, 15) is 0 Å². The van der Waals surface area contributed by atoms with Gasteiger partial charge in [-0.3, -0.25) is 0 Å². The quantitative estimate of drug-likeness (QED) is 0.487. The van der Waals surface area contributed by atoms with Gasteiger partial charge in [0.15, 0.2) is 6.29 Å². The smallest absolute Gasteiger partial charge is 0.162 e. The Labute approximate surface area is 86.0 Å². The van der Waals surface area contributed by atoms with Crippen molar-refractivity contribution in [2.24, 2.45) is 0 Å². The summed E-state index contributed by atoms with van der Waals surface area (Å²) in [5, 5.41) is 0. The van der Waals surface area contributed by atoms with Crippen molar-refractivity contribution in [3.8, 4) is 0 Å². The summed E-state index contributed by atoms with van der Waals surface area (Å²) in [7, 11) is 0. The molecule has 0 spiro atoms. The van der Waals surface area contributed by atoms with Gasteiger partial charge in [-0.05, 0) is 12.8 Å². The number of hydrogen-bond donors (Lipinski definition) is 0. The third-order valence-electron chi connectivity index (χ3n) is 2.24. The average molecular weight is 200 g/mol. The van der Waals surface area contributed by atoms with E-state index < -0.39 is 0 Å². The van der Waals surface area contributed by atoms with Crippen LogP contribution in [0.3, 0.4) is 0 Å². The van der Waals surface area contributed by atoms with Gasteiger partial charge in [-0.2, -0.15) is 0 Å². The summed E-state index contributed by atoms with van der Waals surface area (Å²) in [6.45, 7) is 6.96. The van der Waals surface area contributed by atoms with E-state index in [1.54, 1.807) is 0 Å². The maximum atomic E-state index is 5.56. The topological polar surface area (TPSA) is 27.7 Å². The van der Waals surface area contributed by atoms with Gasteiger partial charge in [0.25, 0.3) is 0 Å². The molecule has 1 heterocycles. The van der Waals surface area contributed by atoms with Crippen LogP contribution in [0.5, 0.6) is 0 Å². The second-order valence-corrected chi connectivity index (χ2v) is 3.49. The highest BCUT2D eigenvalue weighted by Gasteiger charge is 2.22. The zero-order chi connectivity index (χ0) is 10.2. The van der Waals surface area contributed by atoms with Crippen molar-refractivity contribution < 1.29 is 14.2 Å². The van der Waals surface area contributed by atoms with E-state index in [1.165, 1.54) is 0 Å². The second-order valence-electron chi connectivity index (χ2n) is 3.49. The Morgan fingerprint density at radius 3 is 3.07 bits per heavy atom. The van der Waals surface area contributed by atoms with Crippen LogP contribution in [0.15, 0.2) is 12.7 Å². The molecule has 1 saturated heterocycles. The molecular formula is C11H20O3. The van der Waals surface area contributed by atoms with Crippen molar-refractivity contribution in [2.45, 2.75) is 45.0 Å². The van der Waals surface area contributed by atoms with Crippen LogP contribution in [0.1, 0.15) is 32.6 Å². The van der Waals surface area contributed by atoms with Crippen LogP contribution in [-0.4, -0.2) is 25.8 Å². The van der Waals surface area contributed by atoms with Crippen LogP contribution < -0.4 is 0 Å². The fourth-order valence-corrected chi connectivity index (χ4v) is 1.39. The Balaban J connectivity index is 2.15. The molecule has 1 unspecified atom stereocenters. The van der Waals surface area contributed by atoms with Crippen LogP contribution in [0.2, 0.25) is 0 Å². The zero-order valence-electron chi connectivity index (χ0n) is 8.91. The van der Waals surface area contributed by atoms with Crippen molar-refractivity contribution in [1.82, 2.24) is 0 Å².